The van der Waals surface area contributed by atoms with E-state index in [4.69, 9.17) is 4.42 Å². The molecule has 0 aliphatic heterocycles. The van der Waals surface area contributed by atoms with Crippen LogP contribution < -0.4 is 5.43 Å². The Balaban J connectivity index is 2.08. The SMILES string of the molecule is Cc1cc(=O)cc(/C=C/C=C/c2ccccc2)o1. The maximum absolute atomic E-state index is 11.3. The fraction of sp³-hybridized carbons (Fsp3) is 0.0625. The van der Waals surface area contributed by atoms with Gasteiger partial charge in [0.2, 0.25) is 0 Å². The predicted molar refractivity (Wildman–Crippen MR) is 74.2 cm³/mol. The van der Waals surface area contributed by atoms with Gasteiger partial charge in [-0.1, -0.05) is 48.6 Å². The lowest BCUT2D eigenvalue weighted by Gasteiger charge is -1.94. The van der Waals surface area contributed by atoms with Crippen LogP contribution >= 0.6 is 0 Å². The van der Waals surface area contributed by atoms with Crippen molar-refractivity contribution >= 4 is 12.2 Å². The van der Waals surface area contributed by atoms with Gasteiger partial charge < -0.3 is 4.42 Å². The molecule has 0 bridgehead atoms. The lowest BCUT2D eigenvalue weighted by atomic mass is 10.2. The lowest BCUT2D eigenvalue weighted by molar-refractivity contribution is 0.505. The zero-order chi connectivity index (χ0) is 12.8. The van der Waals surface area contributed by atoms with E-state index in [1.165, 1.54) is 12.1 Å². The van der Waals surface area contributed by atoms with Gasteiger partial charge in [0.1, 0.15) is 11.5 Å². The molecule has 0 N–H and O–H groups in total. The van der Waals surface area contributed by atoms with E-state index in [1.54, 1.807) is 13.0 Å². The molecule has 1 heterocycles. The van der Waals surface area contributed by atoms with E-state index in [0.717, 1.165) is 5.56 Å². The Bertz CT molecular complexity index is 619. The molecule has 0 unspecified atom stereocenters. The normalized spacial score (nSPS) is 11.4. The number of allylic oxidation sites excluding steroid dienone is 2. The Kier molecular flexibility index (Phi) is 3.92. The molecule has 0 aliphatic rings. The first-order valence-corrected chi connectivity index (χ1v) is 5.76. The van der Waals surface area contributed by atoms with Crippen LogP contribution in [-0.4, -0.2) is 0 Å². The Morgan fingerprint density at radius 3 is 2.44 bits per heavy atom. The van der Waals surface area contributed by atoms with Crippen molar-refractivity contribution in [3.8, 4) is 0 Å². The van der Waals surface area contributed by atoms with E-state index in [9.17, 15) is 4.79 Å². The van der Waals surface area contributed by atoms with E-state index >= 15 is 0 Å². The molecule has 90 valence electrons. The summed E-state index contributed by atoms with van der Waals surface area (Å²) < 4.78 is 5.39. The van der Waals surface area contributed by atoms with Crippen molar-refractivity contribution in [3.05, 3.63) is 81.9 Å². The van der Waals surface area contributed by atoms with Crippen molar-refractivity contribution in [1.29, 1.82) is 0 Å². The van der Waals surface area contributed by atoms with E-state index in [-0.39, 0.29) is 5.43 Å². The highest BCUT2D eigenvalue weighted by atomic mass is 16.3. The van der Waals surface area contributed by atoms with Crippen LogP contribution in [0, 0.1) is 6.92 Å². The standard InChI is InChI=1S/C16H14O2/c1-13-11-15(17)12-16(18-13)10-6-5-9-14-7-3-2-4-8-14/h2-12H,1H3/b9-5+,10-6+. The summed E-state index contributed by atoms with van der Waals surface area (Å²) in [4.78, 5) is 11.3. The first-order valence-electron chi connectivity index (χ1n) is 5.76. The molecule has 1 aromatic heterocycles. The number of hydrogen-bond donors (Lipinski definition) is 0. The highest BCUT2D eigenvalue weighted by Gasteiger charge is 1.93. The third kappa shape index (κ3) is 3.59. The molecule has 0 saturated heterocycles. The third-order valence-corrected chi connectivity index (χ3v) is 2.37. The maximum Gasteiger partial charge on any atom is 0.185 e. The highest BCUT2D eigenvalue weighted by molar-refractivity contribution is 5.54. The fourth-order valence-electron chi connectivity index (χ4n) is 1.59. The molecule has 2 rings (SSSR count). The van der Waals surface area contributed by atoms with E-state index in [1.807, 2.05) is 48.6 Å². The summed E-state index contributed by atoms with van der Waals surface area (Å²) in [6.45, 7) is 1.76. The van der Waals surface area contributed by atoms with Crippen LogP contribution in [0.5, 0.6) is 0 Å². The topological polar surface area (TPSA) is 30.2 Å². The van der Waals surface area contributed by atoms with Gasteiger partial charge in [-0.2, -0.15) is 0 Å². The summed E-state index contributed by atoms with van der Waals surface area (Å²) in [5.74, 6) is 1.19. The van der Waals surface area contributed by atoms with E-state index in [2.05, 4.69) is 0 Å². The zero-order valence-corrected chi connectivity index (χ0v) is 10.2. The molecule has 0 saturated carbocycles. The number of aryl methyl sites for hydroxylation is 1. The molecule has 2 heteroatoms. The van der Waals surface area contributed by atoms with Gasteiger partial charge in [0.25, 0.3) is 0 Å². The highest BCUT2D eigenvalue weighted by Crippen LogP contribution is 2.04. The minimum absolute atomic E-state index is 0.0366. The monoisotopic (exact) mass is 238 g/mol. The Hall–Kier alpha value is -2.35. The number of hydrogen-bond acceptors (Lipinski definition) is 2. The van der Waals surface area contributed by atoms with Gasteiger partial charge in [-0.25, -0.2) is 0 Å². The Labute approximate surface area is 106 Å². The summed E-state index contributed by atoms with van der Waals surface area (Å²) in [5.41, 5.74) is 1.10. The Morgan fingerprint density at radius 1 is 1.00 bits per heavy atom. The van der Waals surface area contributed by atoms with Crippen molar-refractivity contribution in [2.24, 2.45) is 0 Å². The van der Waals surface area contributed by atoms with Crippen molar-refractivity contribution in [2.75, 3.05) is 0 Å². The molecule has 18 heavy (non-hydrogen) atoms. The summed E-state index contributed by atoms with van der Waals surface area (Å²) in [6.07, 6.45) is 7.53. The maximum atomic E-state index is 11.3. The first kappa shape index (κ1) is 12.1. The summed E-state index contributed by atoms with van der Waals surface area (Å²) in [6, 6.07) is 13.0. The quantitative estimate of drug-likeness (QED) is 0.763. The molecule has 0 amide bonds. The Morgan fingerprint density at radius 2 is 1.72 bits per heavy atom. The fourth-order valence-corrected chi connectivity index (χ4v) is 1.59. The molecule has 2 aromatic rings. The van der Waals surface area contributed by atoms with Gasteiger partial charge in [0, 0.05) is 12.1 Å². The molecule has 0 fully saturated rings. The summed E-state index contributed by atoms with van der Waals surface area (Å²) in [7, 11) is 0. The zero-order valence-electron chi connectivity index (χ0n) is 10.2. The first-order chi connectivity index (χ1) is 8.74. The molecular weight excluding hydrogens is 224 g/mol. The number of rotatable bonds is 3. The molecule has 0 aliphatic carbocycles. The van der Waals surface area contributed by atoms with Gasteiger partial charge in [-0.05, 0) is 18.6 Å². The van der Waals surface area contributed by atoms with Gasteiger partial charge in [0.15, 0.2) is 5.43 Å². The molecule has 1 aromatic carbocycles. The van der Waals surface area contributed by atoms with Crippen molar-refractivity contribution in [2.45, 2.75) is 6.92 Å². The largest absolute Gasteiger partial charge is 0.462 e. The lowest BCUT2D eigenvalue weighted by Crippen LogP contribution is -1.97. The van der Waals surface area contributed by atoms with Gasteiger partial charge in [-0.3, -0.25) is 4.79 Å². The van der Waals surface area contributed by atoms with E-state index < -0.39 is 0 Å². The van der Waals surface area contributed by atoms with Gasteiger partial charge in [0.05, 0.1) is 0 Å². The van der Waals surface area contributed by atoms with Crippen molar-refractivity contribution < 1.29 is 4.42 Å². The second-order valence-corrected chi connectivity index (χ2v) is 3.94. The van der Waals surface area contributed by atoms with Crippen LogP contribution in [-0.2, 0) is 0 Å². The smallest absolute Gasteiger partial charge is 0.185 e. The second-order valence-electron chi connectivity index (χ2n) is 3.94. The average molecular weight is 238 g/mol. The van der Waals surface area contributed by atoms with Crippen LogP contribution in [0.3, 0.4) is 0 Å². The minimum atomic E-state index is -0.0366. The minimum Gasteiger partial charge on any atom is -0.462 e. The molecule has 0 atom stereocenters. The summed E-state index contributed by atoms with van der Waals surface area (Å²) >= 11 is 0. The molecule has 0 radical (unpaired) electrons. The average Bonchev–Trinajstić information content (AvgIpc) is 2.35. The molecule has 2 nitrogen and oxygen atoms in total. The van der Waals surface area contributed by atoms with Gasteiger partial charge >= 0.3 is 0 Å². The van der Waals surface area contributed by atoms with Crippen LogP contribution in [0.25, 0.3) is 12.2 Å². The van der Waals surface area contributed by atoms with Crippen molar-refractivity contribution in [1.82, 2.24) is 0 Å². The number of benzene rings is 1. The van der Waals surface area contributed by atoms with Crippen LogP contribution in [0.1, 0.15) is 17.1 Å². The summed E-state index contributed by atoms with van der Waals surface area (Å²) in [5, 5.41) is 0. The van der Waals surface area contributed by atoms with Crippen LogP contribution in [0.2, 0.25) is 0 Å². The van der Waals surface area contributed by atoms with Crippen LogP contribution in [0.4, 0.5) is 0 Å². The molecular formula is C16H14O2. The van der Waals surface area contributed by atoms with Gasteiger partial charge in [-0.15, -0.1) is 0 Å². The predicted octanol–water partition coefficient (Wildman–Crippen LogP) is 3.67. The second kappa shape index (κ2) is 5.82. The molecule has 0 spiro atoms. The van der Waals surface area contributed by atoms with Crippen LogP contribution in [0.15, 0.2) is 63.8 Å². The van der Waals surface area contributed by atoms with Crippen molar-refractivity contribution in [3.63, 3.8) is 0 Å². The van der Waals surface area contributed by atoms with E-state index in [0.29, 0.717) is 11.5 Å². The third-order valence-electron chi connectivity index (χ3n) is 2.37.